The molecule has 0 aliphatic rings. The smallest absolute Gasteiger partial charge is 0.165 e. The van der Waals surface area contributed by atoms with Gasteiger partial charge in [-0.3, -0.25) is 4.79 Å². The summed E-state index contributed by atoms with van der Waals surface area (Å²) in [6.45, 7) is 7.59. The summed E-state index contributed by atoms with van der Waals surface area (Å²) in [6, 6.07) is 0. The molecular formula is C11H20O2. The monoisotopic (exact) mass is 184 g/mol. The van der Waals surface area contributed by atoms with Gasteiger partial charge in [-0.05, 0) is 26.2 Å². The summed E-state index contributed by atoms with van der Waals surface area (Å²) in [5.41, 5.74) is -0.260. The second-order valence-corrected chi connectivity index (χ2v) is 3.49. The highest BCUT2D eigenvalue weighted by molar-refractivity contribution is 5.94. The molecule has 1 N–H and O–H groups in total. The number of ketones is 1. The van der Waals surface area contributed by atoms with Gasteiger partial charge >= 0.3 is 0 Å². The molecule has 0 aliphatic heterocycles. The predicted octanol–water partition coefficient (Wildman–Crippen LogP) is 3.23. The highest BCUT2D eigenvalue weighted by Gasteiger charge is 2.30. The summed E-state index contributed by atoms with van der Waals surface area (Å²) in [6.07, 6.45) is 3.85. The van der Waals surface area contributed by atoms with Crippen LogP contribution in [0.2, 0.25) is 0 Å². The van der Waals surface area contributed by atoms with Crippen molar-refractivity contribution < 1.29 is 9.90 Å². The van der Waals surface area contributed by atoms with Gasteiger partial charge in [0.15, 0.2) is 5.78 Å². The second kappa shape index (κ2) is 5.05. The highest BCUT2D eigenvalue weighted by atomic mass is 16.3. The zero-order chi connectivity index (χ0) is 10.5. The van der Waals surface area contributed by atoms with Crippen LogP contribution in [0.1, 0.15) is 47.0 Å². The quantitative estimate of drug-likeness (QED) is 0.526. The molecule has 0 saturated carbocycles. The van der Waals surface area contributed by atoms with Crippen LogP contribution in [0.15, 0.2) is 11.8 Å². The van der Waals surface area contributed by atoms with Gasteiger partial charge in [-0.25, -0.2) is 0 Å². The first-order chi connectivity index (χ1) is 6.02. The van der Waals surface area contributed by atoms with Crippen LogP contribution < -0.4 is 0 Å². The Hall–Kier alpha value is -0.790. The summed E-state index contributed by atoms with van der Waals surface area (Å²) in [4.78, 5) is 11.7. The van der Waals surface area contributed by atoms with E-state index in [4.69, 9.17) is 5.11 Å². The molecule has 0 aliphatic carbocycles. The molecule has 2 heteroatoms. The van der Waals surface area contributed by atoms with E-state index in [0.29, 0.717) is 0 Å². The van der Waals surface area contributed by atoms with Crippen LogP contribution in [0.3, 0.4) is 0 Å². The minimum absolute atomic E-state index is 0.0556. The maximum absolute atomic E-state index is 11.7. The maximum Gasteiger partial charge on any atom is 0.165 e. The third-order valence-corrected chi connectivity index (χ3v) is 2.89. The molecule has 0 radical (unpaired) electrons. The van der Waals surface area contributed by atoms with Crippen LogP contribution in [-0.2, 0) is 4.79 Å². The van der Waals surface area contributed by atoms with Crippen molar-refractivity contribution in [1.29, 1.82) is 0 Å². The molecule has 0 bridgehead atoms. The molecule has 0 spiro atoms. The van der Waals surface area contributed by atoms with Crippen LogP contribution in [-0.4, -0.2) is 10.9 Å². The van der Waals surface area contributed by atoms with E-state index in [1.165, 1.54) is 13.0 Å². The Morgan fingerprint density at radius 3 is 1.85 bits per heavy atom. The fourth-order valence-electron chi connectivity index (χ4n) is 1.62. The van der Waals surface area contributed by atoms with Gasteiger partial charge in [0, 0.05) is 11.5 Å². The average molecular weight is 184 g/mol. The van der Waals surface area contributed by atoms with Gasteiger partial charge in [0.2, 0.25) is 0 Å². The minimum atomic E-state index is -0.260. The molecule has 0 unspecified atom stereocenters. The molecule has 2 nitrogen and oxygen atoms in total. The van der Waals surface area contributed by atoms with Crippen LogP contribution in [0.5, 0.6) is 0 Å². The van der Waals surface area contributed by atoms with Crippen molar-refractivity contribution in [3.05, 3.63) is 11.8 Å². The zero-order valence-corrected chi connectivity index (χ0v) is 9.05. The number of carbonyl (C=O) groups is 1. The van der Waals surface area contributed by atoms with Gasteiger partial charge < -0.3 is 5.11 Å². The van der Waals surface area contributed by atoms with Crippen molar-refractivity contribution in [2.75, 3.05) is 0 Å². The standard InChI is InChI=1S/C11H20O2/c1-5-11(6-2,7-3)10(13)8-9(4)12/h8,12H,5-7H2,1-4H3/b9-8-. The average Bonchev–Trinajstić information content (AvgIpc) is 2.07. The normalized spacial score (nSPS) is 13.1. The SMILES string of the molecule is CCC(CC)(CC)C(=O)/C=C(/C)O. The van der Waals surface area contributed by atoms with Crippen molar-refractivity contribution >= 4 is 5.78 Å². The molecule has 0 aromatic rings. The fraction of sp³-hybridized carbons (Fsp3) is 0.727. The lowest BCUT2D eigenvalue weighted by molar-refractivity contribution is -0.124. The molecule has 0 aromatic heterocycles. The van der Waals surface area contributed by atoms with E-state index < -0.39 is 0 Å². The number of hydrogen-bond acceptors (Lipinski definition) is 2. The zero-order valence-electron chi connectivity index (χ0n) is 9.05. The topological polar surface area (TPSA) is 37.3 Å². The van der Waals surface area contributed by atoms with Crippen LogP contribution >= 0.6 is 0 Å². The van der Waals surface area contributed by atoms with Gasteiger partial charge in [-0.2, -0.15) is 0 Å². The number of allylic oxidation sites excluding steroid dienone is 2. The summed E-state index contributed by atoms with van der Waals surface area (Å²) >= 11 is 0. The summed E-state index contributed by atoms with van der Waals surface area (Å²) < 4.78 is 0. The van der Waals surface area contributed by atoms with E-state index in [1.807, 2.05) is 20.8 Å². The number of rotatable bonds is 5. The van der Waals surface area contributed by atoms with E-state index in [-0.39, 0.29) is 17.0 Å². The Bertz CT molecular complexity index is 188. The molecule has 0 fully saturated rings. The molecule has 13 heavy (non-hydrogen) atoms. The van der Waals surface area contributed by atoms with Gasteiger partial charge in [0.1, 0.15) is 0 Å². The minimum Gasteiger partial charge on any atom is -0.512 e. The van der Waals surface area contributed by atoms with E-state index in [9.17, 15) is 4.79 Å². The number of carbonyl (C=O) groups excluding carboxylic acids is 1. The van der Waals surface area contributed by atoms with Crippen LogP contribution in [0, 0.1) is 5.41 Å². The third-order valence-electron chi connectivity index (χ3n) is 2.89. The summed E-state index contributed by atoms with van der Waals surface area (Å²) in [7, 11) is 0. The molecule has 0 heterocycles. The Kier molecular flexibility index (Phi) is 4.74. The molecule has 0 amide bonds. The molecule has 0 saturated heterocycles. The number of hydrogen-bond donors (Lipinski definition) is 1. The highest BCUT2D eigenvalue weighted by Crippen LogP contribution is 2.32. The van der Waals surface area contributed by atoms with Gasteiger partial charge in [-0.15, -0.1) is 0 Å². The predicted molar refractivity (Wildman–Crippen MR) is 54.7 cm³/mol. The molecule has 76 valence electrons. The Labute approximate surface area is 80.7 Å². The number of aliphatic hydroxyl groups is 1. The second-order valence-electron chi connectivity index (χ2n) is 3.49. The van der Waals surface area contributed by atoms with Crippen molar-refractivity contribution in [1.82, 2.24) is 0 Å². The van der Waals surface area contributed by atoms with Crippen molar-refractivity contribution in [2.24, 2.45) is 5.41 Å². The lowest BCUT2D eigenvalue weighted by Gasteiger charge is -2.27. The summed E-state index contributed by atoms with van der Waals surface area (Å²) in [5, 5.41) is 9.01. The molecule has 0 aromatic carbocycles. The van der Waals surface area contributed by atoms with Gasteiger partial charge in [0.25, 0.3) is 0 Å². The molecule has 0 atom stereocenters. The maximum atomic E-state index is 11.7. The number of aliphatic hydroxyl groups excluding tert-OH is 1. The summed E-state index contributed by atoms with van der Waals surface area (Å²) in [5.74, 6) is 0.157. The van der Waals surface area contributed by atoms with Crippen molar-refractivity contribution in [3.63, 3.8) is 0 Å². The molecular weight excluding hydrogens is 164 g/mol. The first-order valence-electron chi connectivity index (χ1n) is 4.94. The largest absolute Gasteiger partial charge is 0.512 e. The van der Waals surface area contributed by atoms with Crippen LogP contribution in [0.25, 0.3) is 0 Å². The van der Waals surface area contributed by atoms with Crippen LogP contribution in [0.4, 0.5) is 0 Å². The lowest BCUT2D eigenvalue weighted by Crippen LogP contribution is -2.27. The van der Waals surface area contributed by atoms with E-state index in [0.717, 1.165) is 19.3 Å². The van der Waals surface area contributed by atoms with Crippen molar-refractivity contribution in [3.8, 4) is 0 Å². The first-order valence-corrected chi connectivity index (χ1v) is 4.94. The van der Waals surface area contributed by atoms with Gasteiger partial charge in [-0.1, -0.05) is 20.8 Å². The van der Waals surface area contributed by atoms with E-state index in [1.54, 1.807) is 0 Å². The fourth-order valence-corrected chi connectivity index (χ4v) is 1.62. The third kappa shape index (κ3) is 2.87. The molecule has 0 rings (SSSR count). The lowest BCUT2D eigenvalue weighted by atomic mass is 9.76. The first kappa shape index (κ1) is 12.2. The van der Waals surface area contributed by atoms with Crippen molar-refractivity contribution in [2.45, 2.75) is 47.0 Å². The van der Waals surface area contributed by atoms with Gasteiger partial charge in [0.05, 0.1) is 5.76 Å². The Morgan fingerprint density at radius 2 is 1.62 bits per heavy atom. The Morgan fingerprint density at radius 1 is 1.23 bits per heavy atom. The Balaban J connectivity index is 4.74. The van der Waals surface area contributed by atoms with E-state index >= 15 is 0 Å². The van der Waals surface area contributed by atoms with E-state index in [2.05, 4.69) is 0 Å².